The molecule has 3 aromatic rings. The Morgan fingerprint density at radius 3 is 2.18 bits per heavy atom. The van der Waals surface area contributed by atoms with E-state index in [-0.39, 0.29) is 10.7 Å². The summed E-state index contributed by atoms with van der Waals surface area (Å²) >= 11 is 0. The zero-order valence-electron chi connectivity index (χ0n) is 16.0. The number of Topliss-reactive ketones (excluding diaryl/α,β-unsaturated/α-hetero) is 1. The fraction of sp³-hybridized carbons (Fsp3) is 0.174. The van der Waals surface area contributed by atoms with E-state index in [2.05, 4.69) is 0 Å². The van der Waals surface area contributed by atoms with Gasteiger partial charge in [-0.3, -0.25) is 9.10 Å². The smallest absolute Gasteiger partial charge is 0.265 e. The van der Waals surface area contributed by atoms with Gasteiger partial charge in [-0.05, 0) is 61.7 Å². The van der Waals surface area contributed by atoms with Gasteiger partial charge >= 0.3 is 0 Å². The molecule has 0 saturated carbocycles. The minimum atomic E-state index is -3.91. The van der Waals surface area contributed by atoms with Gasteiger partial charge in [0.1, 0.15) is 6.04 Å². The standard InChI is InChI=1S/C23H21NO3S/c1-15-8-12-19(13-9-15)28(26,27)24-21-7-5-4-6-20(21)23(25)22(24)18-11-10-16(2)17(3)14-18/h4-14,22H,1-3H3. The first-order valence-electron chi connectivity index (χ1n) is 9.12. The molecule has 1 heterocycles. The Kier molecular flexibility index (Phi) is 4.35. The number of para-hydroxylation sites is 1. The zero-order chi connectivity index (χ0) is 20.1. The van der Waals surface area contributed by atoms with Crippen LogP contribution in [0.3, 0.4) is 0 Å². The van der Waals surface area contributed by atoms with Gasteiger partial charge < -0.3 is 0 Å². The number of hydrogen-bond donors (Lipinski definition) is 0. The first-order chi connectivity index (χ1) is 13.3. The summed E-state index contributed by atoms with van der Waals surface area (Å²) in [5.41, 5.74) is 4.63. The van der Waals surface area contributed by atoms with Crippen LogP contribution in [0.5, 0.6) is 0 Å². The number of rotatable bonds is 3. The number of carbonyl (C=O) groups excluding carboxylic acids is 1. The van der Waals surface area contributed by atoms with Crippen LogP contribution in [0, 0.1) is 20.8 Å². The van der Waals surface area contributed by atoms with Gasteiger partial charge in [-0.15, -0.1) is 0 Å². The number of hydrogen-bond acceptors (Lipinski definition) is 3. The molecule has 0 spiro atoms. The molecule has 5 heteroatoms. The Morgan fingerprint density at radius 2 is 1.50 bits per heavy atom. The van der Waals surface area contributed by atoms with Crippen LogP contribution in [-0.2, 0) is 10.0 Å². The van der Waals surface area contributed by atoms with Gasteiger partial charge in [-0.2, -0.15) is 0 Å². The van der Waals surface area contributed by atoms with Crippen LogP contribution in [0.4, 0.5) is 5.69 Å². The molecule has 0 radical (unpaired) electrons. The molecule has 1 aliphatic heterocycles. The van der Waals surface area contributed by atoms with Crippen molar-refractivity contribution >= 4 is 21.5 Å². The second kappa shape index (κ2) is 6.60. The van der Waals surface area contributed by atoms with E-state index in [9.17, 15) is 13.2 Å². The first kappa shape index (κ1) is 18.4. The van der Waals surface area contributed by atoms with Gasteiger partial charge in [0.15, 0.2) is 5.78 Å². The highest BCUT2D eigenvalue weighted by Gasteiger charge is 2.45. The van der Waals surface area contributed by atoms with E-state index in [1.54, 1.807) is 48.5 Å². The molecule has 0 bridgehead atoms. The monoisotopic (exact) mass is 391 g/mol. The molecule has 28 heavy (non-hydrogen) atoms. The van der Waals surface area contributed by atoms with Crippen molar-refractivity contribution in [1.29, 1.82) is 0 Å². The summed E-state index contributed by atoms with van der Waals surface area (Å²) in [6, 6.07) is 18.4. The summed E-state index contributed by atoms with van der Waals surface area (Å²) in [6.45, 7) is 5.86. The fourth-order valence-corrected chi connectivity index (χ4v) is 5.20. The minimum Gasteiger partial charge on any atom is -0.291 e. The van der Waals surface area contributed by atoms with Gasteiger partial charge in [0.25, 0.3) is 10.0 Å². The van der Waals surface area contributed by atoms with Crippen LogP contribution < -0.4 is 4.31 Å². The number of anilines is 1. The van der Waals surface area contributed by atoms with Crippen LogP contribution in [0.25, 0.3) is 0 Å². The highest BCUT2D eigenvalue weighted by Crippen LogP contribution is 2.44. The highest BCUT2D eigenvalue weighted by molar-refractivity contribution is 7.93. The van der Waals surface area contributed by atoms with Crippen molar-refractivity contribution in [2.24, 2.45) is 0 Å². The summed E-state index contributed by atoms with van der Waals surface area (Å²) in [7, 11) is -3.91. The maximum atomic E-state index is 13.6. The van der Waals surface area contributed by atoms with Crippen molar-refractivity contribution < 1.29 is 13.2 Å². The third-order valence-electron chi connectivity index (χ3n) is 5.31. The largest absolute Gasteiger partial charge is 0.291 e. The van der Waals surface area contributed by atoms with Gasteiger partial charge in [0, 0.05) is 5.56 Å². The normalized spacial score (nSPS) is 16.3. The Balaban J connectivity index is 1.93. The molecule has 4 nitrogen and oxygen atoms in total. The van der Waals surface area contributed by atoms with Crippen molar-refractivity contribution in [3.8, 4) is 0 Å². The molecule has 0 aliphatic carbocycles. The highest BCUT2D eigenvalue weighted by atomic mass is 32.2. The van der Waals surface area contributed by atoms with E-state index >= 15 is 0 Å². The van der Waals surface area contributed by atoms with Crippen molar-refractivity contribution in [3.05, 3.63) is 94.5 Å². The van der Waals surface area contributed by atoms with Crippen molar-refractivity contribution in [2.75, 3.05) is 4.31 Å². The summed E-state index contributed by atoms with van der Waals surface area (Å²) in [4.78, 5) is 13.4. The van der Waals surface area contributed by atoms with Gasteiger partial charge in [0.2, 0.25) is 0 Å². The molecule has 3 aromatic carbocycles. The Morgan fingerprint density at radius 1 is 0.821 bits per heavy atom. The van der Waals surface area contributed by atoms with Crippen LogP contribution in [-0.4, -0.2) is 14.2 Å². The summed E-state index contributed by atoms with van der Waals surface area (Å²) in [6.07, 6.45) is 0. The minimum absolute atomic E-state index is 0.177. The second-order valence-corrected chi connectivity index (χ2v) is 9.06. The molecule has 0 N–H and O–H groups in total. The molecule has 4 rings (SSSR count). The molecule has 1 aliphatic rings. The number of nitrogens with zero attached hydrogens (tertiary/aromatic N) is 1. The second-order valence-electron chi connectivity index (χ2n) is 7.24. The van der Waals surface area contributed by atoms with Crippen LogP contribution in [0.2, 0.25) is 0 Å². The van der Waals surface area contributed by atoms with Crippen LogP contribution >= 0.6 is 0 Å². The molecule has 0 amide bonds. The average molecular weight is 391 g/mol. The Bertz CT molecular complexity index is 1180. The van der Waals surface area contributed by atoms with E-state index in [4.69, 9.17) is 0 Å². The van der Waals surface area contributed by atoms with E-state index in [0.29, 0.717) is 16.8 Å². The molecule has 1 unspecified atom stereocenters. The van der Waals surface area contributed by atoms with Crippen molar-refractivity contribution in [1.82, 2.24) is 0 Å². The SMILES string of the molecule is Cc1ccc(S(=O)(=O)N2c3ccccc3C(=O)C2c2ccc(C)c(C)c2)cc1. The number of aryl methyl sites for hydroxylation is 3. The predicted octanol–water partition coefficient (Wildman–Crippen LogP) is 4.74. The van der Waals surface area contributed by atoms with E-state index in [1.807, 2.05) is 39.0 Å². The van der Waals surface area contributed by atoms with Crippen LogP contribution in [0.15, 0.2) is 71.6 Å². The van der Waals surface area contributed by atoms with Crippen LogP contribution in [0.1, 0.15) is 38.7 Å². The lowest BCUT2D eigenvalue weighted by molar-refractivity contribution is 0.0975. The third kappa shape index (κ3) is 2.83. The summed E-state index contributed by atoms with van der Waals surface area (Å²) < 4.78 is 28.4. The lowest BCUT2D eigenvalue weighted by Gasteiger charge is -2.26. The van der Waals surface area contributed by atoms with Crippen molar-refractivity contribution in [3.63, 3.8) is 0 Å². The Labute approximate surface area is 165 Å². The third-order valence-corrected chi connectivity index (χ3v) is 7.11. The topological polar surface area (TPSA) is 54.5 Å². The Hall–Kier alpha value is -2.92. The maximum Gasteiger partial charge on any atom is 0.265 e. The molecule has 1 atom stereocenters. The molecule has 0 aromatic heterocycles. The molecular weight excluding hydrogens is 370 g/mol. The predicted molar refractivity (Wildman–Crippen MR) is 110 cm³/mol. The van der Waals surface area contributed by atoms with Crippen molar-refractivity contribution in [2.45, 2.75) is 31.7 Å². The van der Waals surface area contributed by atoms with Gasteiger partial charge in [-0.1, -0.05) is 48.0 Å². The number of ketones is 1. The molecule has 0 fully saturated rings. The molecular formula is C23H21NO3S. The quantitative estimate of drug-likeness (QED) is 0.648. The lowest BCUT2D eigenvalue weighted by atomic mass is 9.98. The number of benzene rings is 3. The maximum absolute atomic E-state index is 13.6. The number of sulfonamides is 1. The summed E-state index contributed by atoms with van der Waals surface area (Å²) in [5, 5.41) is 0. The van der Waals surface area contributed by atoms with E-state index in [1.165, 1.54) is 4.31 Å². The first-order valence-corrected chi connectivity index (χ1v) is 10.6. The van der Waals surface area contributed by atoms with Gasteiger partial charge in [0.05, 0.1) is 10.6 Å². The lowest BCUT2D eigenvalue weighted by Crippen LogP contribution is -2.34. The zero-order valence-corrected chi connectivity index (χ0v) is 16.8. The van der Waals surface area contributed by atoms with E-state index in [0.717, 1.165) is 16.7 Å². The molecule has 142 valence electrons. The number of fused-ring (bicyclic) bond motifs is 1. The summed E-state index contributed by atoms with van der Waals surface area (Å²) in [5.74, 6) is -0.200. The fourth-order valence-electron chi connectivity index (χ4n) is 3.58. The average Bonchev–Trinajstić information content (AvgIpc) is 2.98. The number of carbonyl (C=O) groups is 1. The molecule has 0 saturated heterocycles. The van der Waals surface area contributed by atoms with E-state index < -0.39 is 16.1 Å². The van der Waals surface area contributed by atoms with Gasteiger partial charge in [-0.25, -0.2) is 8.42 Å².